The number of nitrogens with zero attached hydrogens (tertiary/aromatic N) is 4. The maximum absolute atomic E-state index is 15.5. The van der Waals surface area contributed by atoms with Crippen molar-refractivity contribution in [3.63, 3.8) is 0 Å². The van der Waals surface area contributed by atoms with Gasteiger partial charge in [-0.05, 0) is 96.0 Å². The van der Waals surface area contributed by atoms with E-state index in [1.165, 1.54) is 45.3 Å². The van der Waals surface area contributed by atoms with E-state index in [-0.39, 0.29) is 71.4 Å². The second-order valence-electron chi connectivity index (χ2n) is 24.1. The number of nitrogens with one attached hydrogen (secondary N) is 6. The van der Waals surface area contributed by atoms with E-state index in [1.807, 2.05) is 5.32 Å². The number of carbonyl (C=O) groups is 11. The molecule has 0 saturated heterocycles. The Labute approximate surface area is 522 Å². The molecule has 9 amide bonds. The summed E-state index contributed by atoms with van der Waals surface area (Å²) < 4.78 is 81.9. The molecule has 4 aliphatic rings. The lowest BCUT2D eigenvalue weighted by Gasteiger charge is -2.32. The summed E-state index contributed by atoms with van der Waals surface area (Å²) in [6, 6.07) is 6.16. The summed E-state index contributed by atoms with van der Waals surface area (Å²) in [5, 5.41) is 25.3. The molecule has 92 heavy (non-hydrogen) atoms. The van der Waals surface area contributed by atoms with Crippen LogP contribution >= 0.6 is 0 Å². The van der Waals surface area contributed by atoms with Crippen LogP contribution in [0.25, 0.3) is 22.3 Å². The van der Waals surface area contributed by atoms with Crippen molar-refractivity contribution < 1.29 is 94.4 Å². The molecule has 0 unspecified atom stereocenters. The first-order chi connectivity index (χ1) is 43.1. The zero-order valence-corrected chi connectivity index (χ0v) is 51.3. The highest BCUT2D eigenvalue weighted by Crippen LogP contribution is 2.46. The molecule has 5 atom stereocenters. The number of halogens is 4. The lowest BCUT2D eigenvalue weighted by molar-refractivity contribution is -0.220. The van der Waals surface area contributed by atoms with Crippen LogP contribution in [0, 0.1) is 12.7 Å². The Morgan fingerprint density at radius 3 is 2.08 bits per heavy atom. The van der Waals surface area contributed by atoms with Gasteiger partial charge in [-0.1, -0.05) is 37.3 Å². The smallest absolute Gasteiger partial charge is 0.423 e. The van der Waals surface area contributed by atoms with Crippen LogP contribution in [0.3, 0.4) is 0 Å². The molecule has 0 fully saturated rings. The van der Waals surface area contributed by atoms with Crippen LogP contribution in [-0.4, -0.2) is 165 Å². The number of esters is 2. The number of hydrogen-bond donors (Lipinski definition) is 7. The van der Waals surface area contributed by atoms with Crippen molar-refractivity contribution in [2.75, 3.05) is 39.5 Å². The Balaban J connectivity index is 0.881. The van der Waals surface area contributed by atoms with Crippen LogP contribution in [0.2, 0.25) is 0 Å². The first-order valence-corrected chi connectivity index (χ1v) is 29.1. The normalized spacial score (nSPS) is 17.5. The molecule has 2 aromatic carbocycles. The first kappa shape index (κ1) is 68.3. The number of rotatable bonds is 22. The molecule has 31 heteroatoms. The third-order valence-corrected chi connectivity index (χ3v) is 15.2. The molecule has 0 saturated carbocycles. The molecule has 492 valence electrons. The zero-order valence-electron chi connectivity index (χ0n) is 51.3. The second kappa shape index (κ2) is 27.0. The zero-order chi connectivity index (χ0) is 67.5. The highest BCUT2D eigenvalue weighted by atomic mass is 19.4. The molecule has 3 aliphatic heterocycles. The summed E-state index contributed by atoms with van der Waals surface area (Å²) in [6.07, 6.45) is -8.30. The number of aryl methyl sites for hydroxylation is 1. The van der Waals surface area contributed by atoms with Gasteiger partial charge in [0.2, 0.25) is 35.6 Å². The molecule has 2 aromatic heterocycles. The number of fused-ring (bicyclic) bond motifs is 5. The van der Waals surface area contributed by atoms with Crippen molar-refractivity contribution in [2.45, 2.75) is 141 Å². The van der Waals surface area contributed by atoms with Crippen molar-refractivity contribution >= 4 is 76.2 Å². The molecule has 0 radical (unpaired) electrons. The Kier molecular flexibility index (Phi) is 20.1. The molecular formula is C61H68F4N10O17. The molecule has 0 bridgehead atoms. The number of imide groups is 1. The minimum absolute atomic E-state index is 0.00638. The van der Waals surface area contributed by atoms with Crippen molar-refractivity contribution in [1.29, 1.82) is 0 Å². The number of ether oxygens (including phenoxy) is 4. The highest BCUT2D eigenvalue weighted by Gasteiger charge is 2.49. The molecule has 5 heterocycles. The summed E-state index contributed by atoms with van der Waals surface area (Å²) >= 11 is 0. The fourth-order valence-corrected chi connectivity index (χ4v) is 10.9. The number of carbonyl (C=O) groups excluding carboxylic acids is 11. The van der Waals surface area contributed by atoms with Crippen LogP contribution in [0.4, 0.5) is 22.4 Å². The number of alkyl halides is 3. The number of hydrogen-bond acceptors (Lipinski definition) is 18. The van der Waals surface area contributed by atoms with E-state index in [9.17, 15) is 75.8 Å². The maximum atomic E-state index is 15.5. The standard InChI is InChI=1S/C61H68F4N10O17/c1-9-60(88)35-20-40-50-33(25-74(40)55(85)34(35)28-89-56(60)86)49-37(16-15-32-30(2)36(62)21-38(71-50)48(32)49)72-54(84)51(61(63,64)65)90-29-69-43(77)23-67-52(82)39(19-31-13-11-10-12-14-31)70-44(78)24-66-42(76)22-68-53(83)41(75-45(79)17-18-46(75)80)26-73(57(87)92-59(6,7)8)27-47(81)91-58(3,4)5/h10-14,17-18,20-21,37,39,41,51,88H,9,15-16,19,22-29H2,1-8H3,(H,66,76)(H,67,82)(H,68,83)(H,69,77)(H,70,78)(H,72,84)/t37-,39+,41+,51+,60+/m1/s1. The second-order valence-corrected chi connectivity index (χ2v) is 24.1. The molecule has 0 spiro atoms. The van der Waals surface area contributed by atoms with Crippen molar-refractivity contribution in [1.82, 2.24) is 51.3 Å². The van der Waals surface area contributed by atoms with Crippen LogP contribution < -0.4 is 37.5 Å². The fourth-order valence-electron chi connectivity index (χ4n) is 10.9. The Hall–Kier alpha value is -9.65. The molecular weight excluding hydrogens is 1220 g/mol. The van der Waals surface area contributed by atoms with Crippen molar-refractivity contribution in [3.05, 3.63) is 110 Å². The Morgan fingerprint density at radius 1 is 0.815 bits per heavy atom. The Bertz CT molecular complexity index is 3770. The van der Waals surface area contributed by atoms with Crippen LogP contribution in [0.1, 0.15) is 106 Å². The number of pyridine rings is 2. The van der Waals surface area contributed by atoms with E-state index < -0.39 is 170 Å². The summed E-state index contributed by atoms with van der Waals surface area (Å²) in [5.74, 6) is -11.4. The number of aliphatic hydroxyl groups is 1. The lowest BCUT2D eigenvalue weighted by Crippen LogP contribution is -2.57. The van der Waals surface area contributed by atoms with Crippen LogP contribution in [-0.2, 0) is 98.5 Å². The number of amides is 9. The largest absolute Gasteiger partial charge is 0.459 e. The maximum Gasteiger partial charge on any atom is 0.423 e. The van der Waals surface area contributed by atoms with Gasteiger partial charge in [0.15, 0.2) is 5.60 Å². The summed E-state index contributed by atoms with van der Waals surface area (Å²) in [5.41, 5.74) is -2.93. The van der Waals surface area contributed by atoms with Gasteiger partial charge < -0.3 is 60.5 Å². The van der Waals surface area contributed by atoms with E-state index in [0.29, 0.717) is 27.0 Å². The van der Waals surface area contributed by atoms with Gasteiger partial charge in [0.1, 0.15) is 49.0 Å². The first-order valence-electron chi connectivity index (χ1n) is 29.1. The minimum Gasteiger partial charge on any atom is -0.459 e. The van der Waals surface area contributed by atoms with E-state index in [4.69, 9.17) is 23.9 Å². The minimum atomic E-state index is -5.38. The lowest BCUT2D eigenvalue weighted by atomic mass is 9.81. The summed E-state index contributed by atoms with van der Waals surface area (Å²) in [6.45, 7) is 6.25. The SMILES string of the molecule is CC[C@@]1(O)C(=O)OCc2c1cc1n(c2=O)Cc2c-1nc1cc(F)c(C)c3c1c2[C@H](NC(=O)[C@H](OCNC(=O)CNC(=O)[C@H](Cc1ccccc1)NC(=O)CNC(=O)CNC(=O)[C@H](CN(CC(=O)OC(C)(C)C)C(=O)OC(C)(C)C)N1C(=O)C=CC1=O)C(F)(F)F)CC3. The predicted octanol–water partition coefficient (Wildman–Crippen LogP) is 1.60. The number of cyclic esters (lactones) is 1. The van der Waals surface area contributed by atoms with Gasteiger partial charge >= 0.3 is 24.2 Å². The molecule has 1 aliphatic carbocycles. The van der Waals surface area contributed by atoms with E-state index in [2.05, 4.69) is 26.6 Å². The monoisotopic (exact) mass is 1290 g/mol. The molecule has 7 N–H and O–H groups in total. The Morgan fingerprint density at radius 2 is 1.45 bits per heavy atom. The van der Waals surface area contributed by atoms with Gasteiger partial charge in [0.05, 0.1) is 61.2 Å². The molecule has 4 aromatic rings. The molecule has 8 rings (SSSR count). The quantitative estimate of drug-likeness (QED) is 0.0170. The van der Waals surface area contributed by atoms with E-state index in [1.54, 1.807) is 51.1 Å². The van der Waals surface area contributed by atoms with Crippen LogP contribution in [0.15, 0.2) is 59.4 Å². The average Bonchev–Trinajstić information content (AvgIpc) is 1.46. The van der Waals surface area contributed by atoms with Gasteiger partial charge in [-0.15, -0.1) is 0 Å². The number of aromatic nitrogens is 2. The van der Waals surface area contributed by atoms with Gasteiger partial charge in [0, 0.05) is 41.2 Å². The third-order valence-electron chi connectivity index (χ3n) is 15.2. The summed E-state index contributed by atoms with van der Waals surface area (Å²) in [7, 11) is 0. The van der Waals surface area contributed by atoms with E-state index >= 15 is 4.39 Å². The van der Waals surface area contributed by atoms with Gasteiger partial charge in [-0.3, -0.25) is 57.7 Å². The van der Waals surface area contributed by atoms with Crippen molar-refractivity contribution in [2.24, 2.45) is 0 Å². The van der Waals surface area contributed by atoms with Gasteiger partial charge in [-0.25, -0.2) is 19.0 Å². The number of benzene rings is 2. The van der Waals surface area contributed by atoms with Gasteiger partial charge in [-0.2, -0.15) is 13.2 Å². The third kappa shape index (κ3) is 15.4. The van der Waals surface area contributed by atoms with E-state index in [0.717, 1.165) is 23.1 Å². The van der Waals surface area contributed by atoms with Gasteiger partial charge in [0.25, 0.3) is 23.3 Å². The molecule has 27 nitrogen and oxygen atoms in total. The summed E-state index contributed by atoms with van der Waals surface area (Å²) in [4.78, 5) is 165. The van der Waals surface area contributed by atoms with Crippen molar-refractivity contribution in [3.8, 4) is 11.4 Å². The predicted molar refractivity (Wildman–Crippen MR) is 312 cm³/mol. The topological polar surface area (TPSA) is 358 Å². The fraction of sp³-hybridized carbons (Fsp3) is 0.459. The highest BCUT2D eigenvalue weighted by molar-refractivity contribution is 6.15. The average molecular weight is 1290 g/mol. The van der Waals surface area contributed by atoms with Crippen LogP contribution in [0.5, 0.6) is 0 Å².